The maximum absolute atomic E-state index is 11.5. The van der Waals surface area contributed by atoms with Crippen molar-refractivity contribution in [3.8, 4) is 0 Å². The highest BCUT2D eigenvalue weighted by molar-refractivity contribution is 5.69. The number of nitrogens with zero attached hydrogens (tertiary/aromatic N) is 2. The minimum Gasteiger partial charge on any atom is -0.459 e. The standard InChI is InChI=1S/C11H19N3O2/c1-11(2,3)16-10(15)8-14-7-9(5-12-4)6-13-14/h6-7,12H,5,8H2,1-4H3. The summed E-state index contributed by atoms with van der Waals surface area (Å²) in [6.45, 7) is 6.44. The van der Waals surface area contributed by atoms with E-state index in [1.807, 2.05) is 34.0 Å². The lowest BCUT2D eigenvalue weighted by atomic mass is 10.2. The largest absolute Gasteiger partial charge is 0.459 e. The molecule has 0 saturated heterocycles. The first-order chi connectivity index (χ1) is 7.40. The number of carbonyl (C=O) groups is 1. The van der Waals surface area contributed by atoms with Crippen LogP contribution in [0.25, 0.3) is 0 Å². The molecule has 1 aromatic heterocycles. The van der Waals surface area contributed by atoms with Gasteiger partial charge >= 0.3 is 5.97 Å². The second-order valence-corrected chi connectivity index (χ2v) is 4.66. The number of carbonyl (C=O) groups excluding carboxylic acids is 1. The van der Waals surface area contributed by atoms with Gasteiger partial charge in [-0.05, 0) is 27.8 Å². The van der Waals surface area contributed by atoms with Crippen LogP contribution in [0.3, 0.4) is 0 Å². The lowest BCUT2D eigenvalue weighted by Crippen LogP contribution is -2.26. The van der Waals surface area contributed by atoms with Crippen molar-refractivity contribution in [2.45, 2.75) is 39.5 Å². The van der Waals surface area contributed by atoms with E-state index in [9.17, 15) is 4.79 Å². The molecule has 0 radical (unpaired) electrons. The fourth-order valence-corrected chi connectivity index (χ4v) is 1.29. The van der Waals surface area contributed by atoms with Crippen molar-refractivity contribution in [2.75, 3.05) is 7.05 Å². The van der Waals surface area contributed by atoms with Crippen LogP contribution in [0.5, 0.6) is 0 Å². The first kappa shape index (κ1) is 12.7. The number of hydrogen-bond acceptors (Lipinski definition) is 4. The molecule has 5 nitrogen and oxygen atoms in total. The quantitative estimate of drug-likeness (QED) is 0.775. The highest BCUT2D eigenvalue weighted by Gasteiger charge is 2.16. The van der Waals surface area contributed by atoms with Gasteiger partial charge in [0.15, 0.2) is 0 Å². The van der Waals surface area contributed by atoms with Crippen molar-refractivity contribution in [3.63, 3.8) is 0 Å². The molecule has 0 aliphatic heterocycles. The zero-order chi connectivity index (χ0) is 12.2. The Kier molecular flexibility index (Phi) is 4.06. The third kappa shape index (κ3) is 4.44. The van der Waals surface area contributed by atoms with E-state index in [1.165, 1.54) is 0 Å². The summed E-state index contributed by atoms with van der Waals surface area (Å²) in [7, 11) is 1.87. The molecule has 16 heavy (non-hydrogen) atoms. The number of esters is 1. The summed E-state index contributed by atoms with van der Waals surface area (Å²) in [4.78, 5) is 11.5. The van der Waals surface area contributed by atoms with Crippen molar-refractivity contribution < 1.29 is 9.53 Å². The van der Waals surface area contributed by atoms with Crippen LogP contribution in [0.4, 0.5) is 0 Å². The third-order valence-electron chi connectivity index (χ3n) is 1.78. The second kappa shape index (κ2) is 5.12. The van der Waals surface area contributed by atoms with Crippen LogP contribution < -0.4 is 5.32 Å². The fraction of sp³-hybridized carbons (Fsp3) is 0.636. The van der Waals surface area contributed by atoms with Crippen molar-refractivity contribution in [3.05, 3.63) is 18.0 Å². The number of hydrogen-bond donors (Lipinski definition) is 1. The van der Waals surface area contributed by atoms with E-state index in [0.717, 1.165) is 12.1 Å². The monoisotopic (exact) mass is 225 g/mol. The Morgan fingerprint density at radius 3 is 2.81 bits per heavy atom. The van der Waals surface area contributed by atoms with E-state index in [-0.39, 0.29) is 12.5 Å². The molecule has 1 rings (SSSR count). The lowest BCUT2D eigenvalue weighted by molar-refractivity contribution is -0.155. The Balaban J connectivity index is 2.50. The molecule has 5 heteroatoms. The number of nitrogens with one attached hydrogen (secondary N) is 1. The number of aromatic nitrogens is 2. The van der Waals surface area contributed by atoms with Crippen molar-refractivity contribution in [2.24, 2.45) is 0 Å². The maximum Gasteiger partial charge on any atom is 0.328 e. The molecule has 1 N–H and O–H groups in total. The molecule has 0 aromatic carbocycles. The highest BCUT2D eigenvalue weighted by Crippen LogP contribution is 2.07. The smallest absolute Gasteiger partial charge is 0.328 e. The second-order valence-electron chi connectivity index (χ2n) is 4.66. The predicted molar refractivity (Wildman–Crippen MR) is 60.8 cm³/mol. The maximum atomic E-state index is 11.5. The molecule has 0 spiro atoms. The fourth-order valence-electron chi connectivity index (χ4n) is 1.29. The molecule has 90 valence electrons. The van der Waals surface area contributed by atoms with Crippen LogP contribution >= 0.6 is 0 Å². The summed E-state index contributed by atoms with van der Waals surface area (Å²) in [6.07, 6.45) is 3.57. The van der Waals surface area contributed by atoms with Gasteiger partial charge in [-0.3, -0.25) is 9.48 Å². The van der Waals surface area contributed by atoms with E-state index >= 15 is 0 Å². The Labute approximate surface area is 95.8 Å². The Bertz CT molecular complexity index is 352. The molecule has 0 atom stereocenters. The first-order valence-electron chi connectivity index (χ1n) is 5.28. The third-order valence-corrected chi connectivity index (χ3v) is 1.78. The van der Waals surface area contributed by atoms with Gasteiger partial charge in [0.05, 0.1) is 6.20 Å². The van der Waals surface area contributed by atoms with Gasteiger partial charge in [-0.15, -0.1) is 0 Å². The van der Waals surface area contributed by atoms with Gasteiger partial charge in [0.1, 0.15) is 12.1 Å². The molecule has 0 amide bonds. The Hall–Kier alpha value is -1.36. The summed E-state index contributed by atoms with van der Waals surface area (Å²) in [5.74, 6) is -0.272. The van der Waals surface area contributed by atoms with E-state index in [4.69, 9.17) is 4.74 Å². The minimum absolute atomic E-state index is 0.154. The molecule has 0 aliphatic carbocycles. The van der Waals surface area contributed by atoms with Crippen LogP contribution in [0.15, 0.2) is 12.4 Å². The van der Waals surface area contributed by atoms with Gasteiger partial charge in [0, 0.05) is 18.3 Å². The van der Waals surface area contributed by atoms with E-state index in [1.54, 1.807) is 10.9 Å². The molecular formula is C11H19N3O2. The van der Waals surface area contributed by atoms with Gasteiger partial charge in [-0.25, -0.2) is 0 Å². The number of ether oxygens (including phenoxy) is 1. The van der Waals surface area contributed by atoms with Crippen molar-refractivity contribution in [1.29, 1.82) is 0 Å². The van der Waals surface area contributed by atoms with Crippen LogP contribution in [0.2, 0.25) is 0 Å². The number of rotatable bonds is 4. The Morgan fingerprint density at radius 2 is 2.25 bits per heavy atom. The van der Waals surface area contributed by atoms with E-state index in [2.05, 4.69) is 10.4 Å². The van der Waals surface area contributed by atoms with E-state index < -0.39 is 5.60 Å². The zero-order valence-corrected chi connectivity index (χ0v) is 10.3. The Morgan fingerprint density at radius 1 is 1.56 bits per heavy atom. The van der Waals surface area contributed by atoms with Gasteiger partial charge in [-0.1, -0.05) is 0 Å². The molecular weight excluding hydrogens is 206 g/mol. The molecule has 0 aliphatic rings. The molecule has 1 heterocycles. The summed E-state index contributed by atoms with van der Waals surface area (Å²) >= 11 is 0. The van der Waals surface area contributed by atoms with Gasteiger partial charge in [-0.2, -0.15) is 5.10 Å². The van der Waals surface area contributed by atoms with Gasteiger partial charge in [0.2, 0.25) is 0 Å². The lowest BCUT2D eigenvalue weighted by Gasteiger charge is -2.19. The van der Waals surface area contributed by atoms with Crippen LogP contribution in [-0.4, -0.2) is 28.4 Å². The topological polar surface area (TPSA) is 56.2 Å². The van der Waals surface area contributed by atoms with E-state index in [0.29, 0.717) is 0 Å². The molecule has 0 saturated carbocycles. The van der Waals surface area contributed by atoms with Crippen molar-refractivity contribution >= 4 is 5.97 Å². The average Bonchev–Trinajstić information content (AvgIpc) is 2.49. The normalized spacial score (nSPS) is 11.5. The van der Waals surface area contributed by atoms with Crippen molar-refractivity contribution in [1.82, 2.24) is 15.1 Å². The highest BCUT2D eigenvalue weighted by atomic mass is 16.6. The van der Waals surface area contributed by atoms with Gasteiger partial charge < -0.3 is 10.1 Å². The average molecular weight is 225 g/mol. The predicted octanol–water partition coefficient (Wildman–Crippen LogP) is 0.944. The SMILES string of the molecule is CNCc1cnn(CC(=O)OC(C)(C)C)c1. The molecule has 0 fully saturated rings. The summed E-state index contributed by atoms with van der Waals surface area (Å²) in [6, 6.07) is 0. The molecule has 0 bridgehead atoms. The summed E-state index contributed by atoms with van der Waals surface area (Å²) < 4.78 is 6.78. The summed E-state index contributed by atoms with van der Waals surface area (Å²) in [5.41, 5.74) is 0.601. The van der Waals surface area contributed by atoms with Gasteiger partial charge in [0.25, 0.3) is 0 Å². The zero-order valence-electron chi connectivity index (χ0n) is 10.3. The minimum atomic E-state index is -0.446. The van der Waals surface area contributed by atoms with Crippen LogP contribution in [0, 0.1) is 0 Å². The van der Waals surface area contributed by atoms with Crippen LogP contribution in [0.1, 0.15) is 26.3 Å². The van der Waals surface area contributed by atoms with Crippen LogP contribution in [-0.2, 0) is 22.6 Å². The summed E-state index contributed by atoms with van der Waals surface area (Å²) in [5, 5.41) is 7.10. The molecule has 1 aromatic rings. The molecule has 0 unspecified atom stereocenters. The first-order valence-corrected chi connectivity index (χ1v) is 5.28.